The van der Waals surface area contributed by atoms with E-state index in [9.17, 15) is 9.59 Å². The van der Waals surface area contributed by atoms with Crippen molar-refractivity contribution in [3.8, 4) is 0 Å². The lowest BCUT2D eigenvalue weighted by molar-refractivity contribution is -0.0228. The molecule has 112 valence electrons. The molecule has 0 aromatic heterocycles. The van der Waals surface area contributed by atoms with Crippen molar-refractivity contribution in [3.63, 3.8) is 0 Å². The molecule has 2 aliphatic rings. The number of nitrogens with zero attached hydrogens (tertiary/aromatic N) is 1. The van der Waals surface area contributed by atoms with Crippen molar-refractivity contribution in [1.29, 1.82) is 0 Å². The number of hydrogen-bond donors (Lipinski definition) is 0. The number of carbonyl (C=O) groups is 2. The number of carbonyl (C=O) groups excluding carboxylic acids is 2. The highest BCUT2D eigenvalue weighted by atomic mass is 16.5. The van der Waals surface area contributed by atoms with Gasteiger partial charge in [-0.2, -0.15) is 0 Å². The van der Waals surface area contributed by atoms with Crippen LogP contribution in [0.5, 0.6) is 0 Å². The Morgan fingerprint density at radius 1 is 1.00 bits per heavy atom. The SMILES string of the molecule is CC(C)O[C@H]1CC[C@H](N2C(=O)c3ccccc3C2=O)CC1. The maximum atomic E-state index is 12.4. The van der Waals surface area contributed by atoms with Crippen LogP contribution in [0.1, 0.15) is 60.2 Å². The van der Waals surface area contributed by atoms with Crippen molar-refractivity contribution in [3.05, 3.63) is 35.4 Å². The fraction of sp³-hybridized carbons (Fsp3) is 0.529. The van der Waals surface area contributed by atoms with Gasteiger partial charge in [-0.15, -0.1) is 0 Å². The molecule has 0 radical (unpaired) electrons. The Labute approximate surface area is 125 Å². The monoisotopic (exact) mass is 287 g/mol. The normalized spacial score (nSPS) is 25.6. The molecule has 1 fully saturated rings. The number of benzene rings is 1. The van der Waals surface area contributed by atoms with Crippen molar-refractivity contribution in [2.75, 3.05) is 0 Å². The number of imide groups is 1. The Balaban J connectivity index is 1.70. The van der Waals surface area contributed by atoms with E-state index in [1.807, 2.05) is 13.8 Å². The molecule has 4 heteroatoms. The third-order valence-corrected chi connectivity index (χ3v) is 4.30. The summed E-state index contributed by atoms with van der Waals surface area (Å²) in [5.41, 5.74) is 1.09. The molecule has 0 bridgehead atoms. The van der Waals surface area contributed by atoms with E-state index in [0.717, 1.165) is 25.7 Å². The highest BCUT2D eigenvalue weighted by Gasteiger charge is 2.40. The van der Waals surface area contributed by atoms with Crippen molar-refractivity contribution < 1.29 is 14.3 Å². The third-order valence-electron chi connectivity index (χ3n) is 4.30. The van der Waals surface area contributed by atoms with Crippen molar-refractivity contribution in [2.24, 2.45) is 0 Å². The molecule has 1 aromatic rings. The number of fused-ring (bicyclic) bond motifs is 1. The van der Waals surface area contributed by atoms with Crippen LogP contribution in [0.2, 0.25) is 0 Å². The van der Waals surface area contributed by atoms with Gasteiger partial charge in [0.15, 0.2) is 0 Å². The molecule has 4 nitrogen and oxygen atoms in total. The summed E-state index contributed by atoms with van der Waals surface area (Å²) < 4.78 is 5.83. The zero-order chi connectivity index (χ0) is 15.0. The standard InChI is InChI=1S/C17H21NO3/c1-11(2)21-13-9-7-12(8-10-13)18-16(19)14-5-3-4-6-15(14)17(18)20/h3-6,11-13H,7-10H2,1-2H3/t12-,13-. The highest BCUT2D eigenvalue weighted by molar-refractivity contribution is 6.21. The summed E-state index contributed by atoms with van der Waals surface area (Å²) in [6.45, 7) is 4.08. The smallest absolute Gasteiger partial charge is 0.261 e. The fourth-order valence-electron chi connectivity index (χ4n) is 3.36. The molecule has 1 aromatic carbocycles. The van der Waals surface area contributed by atoms with E-state index >= 15 is 0 Å². The van der Waals surface area contributed by atoms with Crippen LogP contribution in [0.3, 0.4) is 0 Å². The average molecular weight is 287 g/mol. The number of amides is 2. The molecule has 0 unspecified atom stereocenters. The van der Waals surface area contributed by atoms with Crippen molar-refractivity contribution in [2.45, 2.75) is 57.8 Å². The number of rotatable bonds is 3. The van der Waals surface area contributed by atoms with Gasteiger partial charge in [-0.3, -0.25) is 14.5 Å². The Morgan fingerprint density at radius 2 is 1.52 bits per heavy atom. The largest absolute Gasteiger partial charge is 0.376 e. The van der Waals surface area contributed by atoms with Gasteiger partial charge in [0.1, 0.15) is 0 Å². The topological polar surface area (TPSA) is 46.6 Å². The molecule has 1 aliphatic carbocycles. The minimum absolute atomic E-state index is 0.0180. The minimum atomic E-state index is -0.135. The predicted octanol–water partition coefficient (Wildman–Crippen LogP) is 3.02. The molecule has 1 heterocycles. The van der Waals surface area contributed by atoms with Gasteiger partial charge >= 0.3 is 0 Å². The summed E-state index contributed by atoms with van der Waals surface area (Å²) >= 11 is 0. The first-order chi connectivity index (χ1) is 10.1. The van der Waals surface area contributed by atoms with Crippen LogP contribution in [0.4, 0.5) is 0 Å². The molecule has 1 aliphatic heterocycles. The van der Waals surface area contributed by atoms with Crippen LogP contribution < -0.4 is 0 Å². The number of ether oxygens (including phenoxy) is 1. The van der Waals surface area contributed by atoms with Crippen LogP contribution in [0.15, 0.2) is 24.3 Å². The fourth-order valence-corrected chi connectivity index (χ4v) is 3.36. The van der Waals surface area contributed by atoms with Crippen LogP contribution >= 0.6 is 0 Å². The Kier molecular flexibility index (Phi) is 3.81. The van der Waals surface area contributed by atoms with Gasteiger partial charge < -0.3 is 4.74 Å². The van der Waals surface area contributed by atoms with Gasteiger partial charge in [-0.05, 0) is 51.7 Å². The molecular weight excluding hydrogens is 266 g/mol. The maximum Gasteiger partial charge on any atom is 0.261 e. The second-order valence-corrected chi connectivity index (χ2v) is 6.14. The maximum absolute atomic E-state index is 12.4. The van der Waals surface area contributed by atoms with Gasteiger partial charge in [0.05, 0.1) is 23.3 Å². The van der Waals surface area contributed by atoms with Gasteiger partial charge in [0, 0.05) is 6.04 Å². The van der Waals surface area contributed by atoms with Crippen LogP contribution in [0, 0.1) is 0 Å². The molecule has 21 heavy (non-hydrogen) atoms. The average Bonchev–Trinajstić information content (AvgIpc) is 2.72. The second-order valence-electron chi connectivity index (χ2n) is 6.14. The van der Waals surface area contributed by atoms with Gasteiger partial charge in [-0.1, -0.05) is 12.1 Å². The first kappa shape index (κ1) is 14.3. The lowest BCUT2D eigenvalue weighted by atomic mass is 9.91. The third kappa shape index (κ3) is 2.60. The summed E-state index contributed by atoms with van der Waals surface area (Å²) in [5.74, 6) is -0.271. The van der Waals surface area contributed by atoms with Crippen LogP contribution in [-0.2, 0) is 4.74 Å². The van der Waals surface area contributed by atoms with Crippen LogP contribution in [-0.4, -0.2) is 35.0 Å². The summed E-state index contributed by atoms with van der Waals surface area (Å²) in [6, 6.07) is 7.11. The Hall–Kier alpha value is -1.68. The quantitative estimate of drug-likeness (QED) is 0.803. The predicted molar refractivity (Wildman–Crippen MR) is 79.2 cm³/mol. The highest BCUT2D eigenvalue weighted by Crippen LogP contribution is 2.32. The molecule has 1 saturated carbocycles. The molecule has 0 atom stereocenters. The Bertz CT molecular complexity index is 524. The van der Waals surface area contributed by atoms with E-state index in [1.54, 1.807) is 24.3 Å². The van der Waals surface area contributed by atoms with Crippen molar-refractivity contribution in [1.82, 2.24) is 4.90 Å². The summed E-state index contributed by atoms with van der Waals surface area (Å²) in [4.78, 5) is 26.3. The van der Waals surface area contributed by atoms with Gasteiger partial charge in [-0.25, -0.2) is 0 Å². The zero-order valence-corrected chi connectivity index (χ0v) is 12.5. The van der Waals surface area contributed by atoms with E-state index in [0.29, 0.717) is 11.1 Å². The number of hydrogen-bond acceptors (Lipinski definition) is 3. The summed E-state index contributed by atoms with van der Waals surface area (Å²) in [5, 5.41) is 0. The molecule has 3 rings (SSSR count). The lowest BCUT2D eigenvalue weighted by Crippen LogP contribution is -2.43. The first-order valence-electron chi connectivity index (χ1n) is 7.70. The minimum Gasteiger partial charge on any atom is -0.376 e. The summed E-state index contributed by atoms with van der Waals surface area (Å²) in [6.07, 6.45) is 3.99. The van der Waals surface area contributed by atoms with E-state index in [2.05, 4.69) is 0 Å². The lowest BCUT2D eigenvalue weighted by Gasteiger charge is -2.34. The second kappa shape index (κ2) is 5.60. The molecule has 0 N–H and O–H groups in total. The van der Waals surface area contributed by atoms with E-state index in [-0.39, 0.29) is 30.1 Å². The molecule has 2 amide bonds. The van der Waals surface area contributed by atoms with Gasteiger partial charge in [0.2, 0.25) is 0 Å². The summed E-state index contributed by atoms with van der Waals surface area (Å²) in [7, 11) is 0. The Morgan fingerprint density at radius 3 is 2.00 bits per heavy atom. The molecule has 0 spiro atoms. The van der Waals surface area contributed by atoms with E-state index in [4.69, 9.17) is 4.74 Å². The molecule has 0 saturated heterocycles. The molecular formula is C17H21NO3. The van der Waals surface area contributed by atoms with Crippen LogP contribution in [0.25, 0.3) is 0 Å². The van der Waals surface area contributed by atoms with E-state index < -0.39 is 0 Å². The van der Waals surface area contributed by atoms with Crippen molar-refractivity contribution >= 4 is 11.8 Å². The van der Waals surface area contributed by atoms with Gasteiger partial charge in [0.25, 0.3) is 11.8 Å². The zero-order valence-electron chi connectivity index (χ0n) is 12.5. The van der Waals surface area contributed by atoms with E-state index in [1.165, 1.54) is 4.90 Å². The first-order valence-corrected chi connectivity index (χ1v) is 7.70.